The van der Waals surface area contributed by atoms with E-state index in [0.717, 1.165) is 17.2 Å². The summed E-state index contributed by atoms with van der Waals surface area (Å²) in [5.74, 6) is -3.95. The molecule has 1 aromatic heterocycles. The summed E-state index contributed by atoms with van der Waals surface area (Å²) in [5.41, 5.74) is 0.120. The number of halogens is 3. The molecule has 1 aromatic rings. The van der Waals surface area contributed by atoms with E-state index < -0.39 is 36.5 Å². The van der Waals surface area contributed by atoms with Crippen LogP contribution in [-0.4, -0.2) is 35.8 Å². The number of amides is 2. The molecule has 0 spiro atoms. The van der Waals surface area contributed by atoms with Gasteiger partial charge < -0.3 is 10.2 Å². The van der Waals surface area contributed by atoms with Crippen LogP contribution in [0.4, 0.5) is 18.9 Å². The van der Waals surface area contributed by atoms with E-state index in [4.69, 9.17) is 0 Å². The lowest BCUT2D eigenvalue weighted by atomic mass is 9.88. The Balaban J connectivity index is 1.90. The number of aromatic nitrogens is 1. The SMILES string of the molecule is O=CN(CC(=O)NC1CC(F)(F)C1)c1cncc(F)c1. The number of hydrogen-bond acceptors (Lipinski definition) is 3. The minimum absolute atomic E-state index is 0.120. The highest BCUT2D eigenvalue weighted by Crippen LogP contribution is 2.37. The van der Waals surface area contributed by atoms with E-state index >= 15 is 0 Å². The Morgan fingerprint density at radius 3 is 2.75 bits per heavy atom. The maximum atomic E-state index is 13.0. The molecule has 0 unspecified atom stereocenters. The van der Waals surface area contributed by atoms with E-state index in [-0.39, 0.29) is 12.2 Å². The number of nitrogens with one attached hydrogen (secondary N) is 1. The lowest BCUT2D eigenvalue weighted by Gasteiger charge is -2.35. The number of rotatable bonds is 5. The molecule has 2 rings (SSSR count). The first-order chi connectivity index (χ1) is 9.39. The van der Waals surface area contributed by atoms with E-state index in [9.17, 15) is 22.8 Å². The summed E-state index contributed by atoms with van der Waals surface area (Å²) >= 11 is 0. The predicted octanol–water partition coefficient (Wildman–Crippen LogP) is 1.10. The standard InChI is InChI=1S/C12H12F3N3O2/c13-8-1-10(5-16-4-8)18(7-19)6-11(20)17-9-2-12(14,15)3-9/h1,4-5,7,9H,2-3,6H2,(H,17,20). The normalized spacial score (nSPS) is 17.1. The van der Waals surface area contributed by atoms with Crippen LogP contribution in [0.3, 0.4) is 0 Å². The Hall–Kier alpha value is -2.12. The van der Waals surface area contributed by atoms with Gasteiger partial charge in [-0.05, 0) is 0 Å². The molecular formula is C12H12F3N3O2. The van der Waals surface area contributed by atoms with Gasteiger partial charge in [0.05, 0.1) is 18.1 Å². The highest BCUT2D eigenvalue weighted by Gasteiger charge is 2.45. The monoisotopic (exact) mass is 287 g/mol. The van der Waals surface area contributed by atoms with Crippen LogP contribution < -0.4 is 10.2 Å². The third-order valence-corrected chi connectivity index (χ3v) is 2.92. The number of carbonyl (C=O) groups excluding carboxylic acids is 2. The minimum atomic E-state index is -2.73. The van der Waals surface area contributed by atoms with E-state index in [2.05, 4.69) is 10.3 Å². The van der Waals surface area contributed by atoms with Gasteiger partial charge >= 0.3 is 0 Å². The number of pyridine rings is 1. The average Bonchev–Trinajstić information content (AvgIpc) is 2.33. The maximum Gasteiger partial charge on any atom is 0.252 e. The van der Waals surface area contributed by atoms with E-state index in [1.165, 1.54) is 6.20 Å². The highest BCUT2D eigenvalue weighted by atomic mass is 19.3. The Bertz CT molecular complexity index is 516. The molecule has 1 saturated carbocycles. The van der Waals surface area contributed by atoms with Crippen LogP contribution >= 0.6 is 0 Å². The summed E-state index contributed by atoms with van der Waals surface area (Å²) < 4.78 is 38.2. The van der Waals surface area contributed by atoms with E-state index in [1.54, 1.807) is 0 Å². The zero-order chi connectivity index (χ0) is 14.8. The van der Waals surface area contributed by atoms with Crippen LogP contribution in [0.5, 0.6) is 0 Å². The van der Waals surface area contributed by atoms with Crippen molar-refractivity contribution < 1.29 is 22.8 Å². The summed E-state index contributed by atoms with van der Waals surface area (Å²) in [6, 6.07) is 0.461. The van der Waals surface area contributed by atoms with Crippen molar-refractivity contribution in [3.8, 4) is 0 Å². The van der Waals surface area contributed by atoms with Crippen molar-refractivity contribution in [2.45, 2.75) is 24.8 Å². The molecule has 8 heteroatoms. The molecule has 108 valence electrons. The molecule has 0 bridgehead atoms. The molecule has 1 N–H and O–H groups in total. The first-order valence-electron chi connectivity index (χ1n) is 5.89. The van der Waals surface area contributed by atoms with Crippen LogP contribution in [0.25, 0.3) is 0 Å². The van der Waals surface area contributed by atoms with Gasteiger partial charge in [-0.25, -0.2) is 13.2 Å². The van der Waals surface area contributed by atoms with Gasteiger partial charge in [0.25, 0.3) is 5.92 Å². The smallest absolute Gasteiger partial charge is 0.252 e. The molecule has 0 atom stereocenters. The molecule has 1 fully saturated rings. The number of nitrogens with zero attached hydrogens (tertiary/aromatic N) is 2. The number of alkyl halides is 2. The molecule has 0 aromatic carbocycles. The average molecular weight is 287 g/mol. The molecule has 0 radical (unpaired) electrons. The van der Waals surface area contributed by atoms with E-state index in [0.29, 0.717) is 6.41 Å². The van der Waals surface area contributed by atoms with Crippen molar-refractivity contribution in [2.24, 2.45) is 0 Å². The number of hydrogen-bond donors (Lipinski definition) is 1. The molecule has 0 aliphatic heterocycles. The van der Waals surface area contributed by atoms with Crippen molar-refractivity contribution >= 4 is 18.0 Å². The van der Waals surface area contributed by atoms with Gasteiger partial charge in [0, 0.05) is 24.9 Å². The fourth-order valence-corrected chi connectivity index (χ4v) is 1.94. The Kier molecular flexibility index (Phi) is 3.91. The van der Waals surface area contributed by atoms with Crippen molar-refractivity contribution in [3.63, 3.8) is 0 Å². The molecule has 2 amide bonds. The van der Waals surface area contributed by atoms with Crippen molar-refractivity contribution in [3.05, 3.63) is 24.3 Å². The summed E-state index contributed by atoms with van der Waals surface area (Å²) in [7, 11) is 0. The van der Waals surface area contributed by atoms with Gasteiger partial charge in [0.2, 0.25) is 12.3 Å². The summed E-state index contributed by atoms with van der Waals surface area (Å²) in [4.78, 5) is 27.0. The van der Waals surface area contributed by atoms with Gasteiger partial charge in [0.1, 0.15) is 12.4 Å². The quantitative estimate of drug-likeness (QED) is 0.825. The second kappa shape index (κ2) is 5.48. The molecule has 1 aliphatic rings. The lowest BCUT2D eigenvalue weighted by molar-refractivity contribution is -0.128. The van der Waals surface area contributed by atoms with Crippen LogP contribution in [-0.2, 0) is 9.59 Å². The predicted molar refractivity (Wildman–Crippen MR) is 63.7 cm³/mol. The third kappa shape index (κ3) is 3.46. The Morgan fingerprint density at radius 2 is 2.20 bits per heavy atom. The zero-order valence-electron chi connectivity index (χ0n) is 10.4. The van der Waals surface area contributed by atoms with E-state index in [1.807, 2.05) is 0 Å². The first kappa shape index (κ1) is 14.3. The molecule has 0 saturated heterocycles. The fourth-order valence-electron chi connectivity index (χ4n) is 1.94. The van der Waals surface area contributed by atoms with Gasteiger partial charge in [-0.2, -0.15) is 0 Å². The first-order valence-corrected chi connectivity index (χ1v) is 5.89. The van der Waals surface area contributed by atoms with Crippen LogP contribution in [0.15, 0.2) is 18.5 Å². The molecule has 1 heterocycles. The van der Waals surface area contributed by atoms with Gasteiger partial charge in [-0.15, -0.1) is 0 Å². The second-order valence-corrected chi connectivity index (χ2v) is 4.62. The van der Waals surface area contributed by atoms with Crippen LogP contribution in [0.2, 0.25) is 0 Å². The summed E-state index contributed by atoms with van der Waals surface area (Å²) in [6.45, 7) is -0.378. The summed E-state index contributed by atoms with van der Waals surface area (Å²) in [5, 5.41) is 2.39. The fraction of sp³-hybridized carbons (Fsp3) is 0.417. The van der Waals surface area contributed by atoms with Gasteiger partial charge in [-0.3, -0.25) is 14.6 Å². The Morgan fingerprint density at radius 1 is 1.50 bits per heavy atom. The third-order valence-electron chi connectivity index (χ3n) is 2.92. The minimum Gasteiger partial charge on any atom is -0.351 e. The summed E-state index contributed by atoms with van der Waals surface area (Å²) in [6.07, 6.45) is 1.74. The molecule has 20 heavy (non-hydrogen) atoms. The highest BCUT2D eigenvalue weighted by molar-refractivity contribution is 5.88. The lowest BCUT2D eigenvalue weighted by Crippen LogP contribution is -2.52. The van der Waals surface area contributed by atoms with Crippen LogP contribution in [0, 0.1) is 5.82 Å². The zero-order valence-corrected chi connectivity index (χ0v) is 10.4. The van der Waals surface area contributed by atoms with Crippen LogP contribution in [0.1, 0.15) is 12.8 Å². The van der Waals surface area contributed by atoms with Gasteiger partial charge in [0.15, 0.2) is 0 Å². The number of anilines is 1. The largest absolute Gasteiger partial charge is 0.351 e. The molecule has 5 nitrogen and oxygen atoms in total. The van der Waals surface area contributed by atoms with Gasteiger partial charge in [-0.1, -0.05) is 0 Å². The second-order valence-electron chi connectivity index (χ2n) is 4.62. The van der Waals surface area contributed by atoms with Crippen molar-refractivity contribution in [1.82, 2.24) is 10.3 Å². The van der Waals surface area contributed by atoms with Crippen molar-refractivity contribution in [2.75, 3.05) is 11.4 Å². The number of carbonyl (C=O) groups is 2. The topological polar surface area (TPSA) is 62.3 Å². The molecule has 1 aliphatic carbocycles. The maximum absolute atomic E-state index is 13.0. The van der Waals surface area contributed by atoms with Crippen molar-refractivity contribution in [1.29, 1.82) is 0 Å². The molecular weight excluding hydrogens is 275 g/mol. The Labute approximate surface area is 112 Å².